The van der Waals surface area contributed by atoms with E-state index in [-0.39, 0.29) is 78.4 Å². The summed E-state index contributed by atoms with van der Waals surface area (Å²) in [6.45, 7) is 3.42. The maximum atomic E-state index is 14.9. The normalized spacial score (nSPS) is 22.2. The molecule has 0 aromatic heterocycles. The molecular formula is C74H144N6O26. The molecule has 0 aromatic rings. The highest BCUT2D eigenvalue weighted by Crippen LogP contribution is 2.28. The lowest BCUT2D eigenvalue weighted by Crippen LogP contribution is -2.61. The minimum absolute atomic E-state index is 0.0252. The van der Waals surface area contributed by atoms with Crippen LogP contribution in [0, 0.1) is 0 Å². The van der Waals surface area contributed by atoms with Crippen molar-refractivity contribution >= 4 is 23.6 Å². The fourth-order valence-electron chi connectivity index (χ4n) is 12.6. The quantitative estimate of drug-likeness (QED) is 0.0368. The molecule has 0 saturated carbocycles. The van der Waals surface area contributed by atoms with E-state index in [4.69, 9.17) is 58.8 Å². The van der Waals surface area contributed by atoms with Crippen LogP contribution in [-0.4, -0.2) is 338 Å². The molecule has 2 rings (SSSR count). The van der Waals surface area contributed by atoms with E-state index in [0.717, 1.165) is 86.8 Å². The first-order valence-electron chi connectivity index (χ1n) is 39.9. The summed E-state index contributed by atoms with van der Waals surface area (Å²) in [7, 11) is 0. The van der Waals surface area contributed by atoms with E-state index < -0.39 is 174 Å². The molecule has 2 aliphatic rings. The lowest BCUT2D eigenvalue weighted by atomic mass is 9.97. The Hall–Kier alpha value is -3.08. The van der Waals surface area contributed by atoms with Gasteiger partial charge in [-0.25, -0.2) is 0 Å². The Morgan fingerprint density at radius 3 is 0.962 bits per heavy atom. The summed E-state index contributed by atoms with van der Waals surface area (Å²) in [6, 6.07) is -3.15. The van der Waals surface area contributed by atoms with Crippen LogP contribution in [0.25, 0.3) is 0 Å². The van der Waals surface area contributed by atoms with Crippen LogP contribution in [0.4, 0.5) is 0 Å². The average molecular weight is 1530 g/mol. The number of nitrogens with one attached hydrogen (secondary N) is 2. The van der Waals surface area contributed by atoms with Gasteiger partial charge in [0, 0.05) is 39.0 Å². The summed E-state index contributed by atoms with van der Waals surface area (Å²) in [6.07, 6.45) is 0.0644. The molecule has 2 fully saturated rings. The second kappa shape index (κ2) is 64.4. The number of nitrogens with two attached hydrogens (primary N) is 2. The average Bonchev–Trinajstić information content (AvgIpc) is 0.821. The van der Waals surface area contributed by atoms with Crippen molar-refractivity contribution in [3.8, 4) is 0 Å². The number of carbonyl (C=O) groups excluding carboxylic acids is 4. The largest absolute Gasteiger partial charge is 0.394 e. The standard InChI is InChI=1S/C74H144N6O26/c1-3-5-7-9-11-13-15-17-19-21-23-25-29-57(83)65(89)55(53-103-73-71(95)69(93)67(91)59(51-81)105-73)79(49-61(85)77-35-39-99-43-47-101-45-41-97-37-33-75)63(87)31-27-28-32-64(88)80(50-62(86)78-36-40-100-44-48-102-46-42-98-38-34-76)56(54-104-74-72(96)70(94)68(92)60(52-82)106-74)66(90)58(84)30-26-24-22-20-18-16-14-12-10-8-6-4-2/h55-60,65-74,81-84,89-96H,3-54,75-76H2,1-2H3,(H,77,85)(H,78,86)/t55-,56-,57+,58+,59?,60?,65-,66-,67-,68-,69-,70-,71?,72?,73-,74-/m0/s1. The second-order valence-corrected chi connectivity index (χ2v) is 27.9. The van der Waals surface area contributed by atoms with Crippen LogP contribution >= 0.6 is 0 Å². The van der Waals surface area contributed by atoms with Crippen LogP contribution in [0.3, 0.4) is 0 Å². The third-order valence-corrected chi connectivity index (χ3v) is 19.1. The van der Waals surface area contributed by atoms with Crippen LogP contribution in [0.2, 0.25) is 0 Å². The maximum Gasteiger partial charge on any atom is 0.239 e. The van der Waals surface area contributed by atoms with Gasteiger partial charge >= 0.3 is 0 Å². The molecule has 0 aromatic carbocycles. The number of unbranched alkanes of at least 4 members (excludes halogenated alkanes) is 23. The second-order valence-electron chi connectivity index (χ2n) is 27.9. The molecule has 2 heterocycles. The molecule has 2 saturated heterocycles. The Balaban J connectivity index is 2.53. The van der Waals surface area contributed by atoms with Gasteiger partial charge in [0.1, 0.15) is 74.1 Å². The van der Waals surface area contributed by atoms with E-state index >= 15 is 0 Å². The van der Waals surface area contributed by atoms with Crippen molar-refractivity contribution < 1.29 is 128 Å². The summed E-state index contributed by atoms with van der Waals surface area (Å²) in [5.74, 6) is -3.03. The first-order valence-corrected chi connectivity index (χ1v) is 39.9. The minimum Gasteiger partial charge on any atom is -0.394 e. The predicted molar refractivity (Wildman–Crippen MR) is 393 cm³/mol. The topological polar surface area (TPSA) is 486 Å². The molecule has 4 unspecified atom stereocenters. The lowest BCUT2D eigenvalue weighted by molar-refractivity contribution is -0.304. The predicted octanol–water partition coefficient (Wildman–Crippen LogP) is 0.450. The fraction of sp³-hybridized carbons (Fsp3) is 0.946. The molecule has 0 bridgehead atoms. The van der Waals surface area contributed by atoms with Crippen LogP contribution in [0.15, 0.2) is 0 Å². The van der Waals surface area contributed by atoms with Crippen molar-refractivity contribution in [2.45, 2.75) is 304 Å². The van der Waals surface area contributed by atoms with Crippen molar-refractivity contribution in [2.75, 3.05) is 145 Å². The Morgan fingerprint density at radius 1 is 0.387 bits per heavy atom. The summed E-state index contributed by atoms with van der Waals surface area (Å²) < 4.78 is 56.0. The Bertz CT molecular complexity index is 1980. The van der Waals surface area contributed by atoms with E-state index in [0.29, 0.717) is 65.6 Å². The minimum atomic E-state index is -1.91. The highest BCUT2D eigenvalue weighted by atomic mass is 16.7. The van der Waals surface area contributed by atoms with Gasteiger partial charge in [-0.15, -0.1) is 0 Å². The maximum absolute atomic E-state index is 14.9. The van der Waals surface area contributed by atoms with E-state index in [9.17, 15) is 80.5 Å². The van der Waals surface area contributed by atoms with Gasteiger partial charge in [-0.3, -0.25) is 19.2 Å². The molecular weight excluding hydrogens is 1390 g/mol. The summed E-state index contributed by atoms with van der Waals surface area (Å²) in [5, 5.41) is 138. The van der Waals surface area contributed by atoms with Crippen LogP contribution < -0.4 is 22.1 Å². The molecule has 0 spiro atoms. The smallest absolute Gasteiger partial charge is 0.239 e. The Labute approximate surface area is 630 Å². The number of aliphatic hydroxyl groups is 12. The third-order valence-electron chi connectivity index (χ3n) is 19.1. The van der Waals surface area contributed by atoms with Crippen LogP contribution in [-0.2, 0) is 66.5 Å². The van der Waals surface area contributed by atoms with Gasteiger partial charge in [-0.2, -0.15) is 0 Å². The van der Waals surface area contributed by atoms with Crippen LogP contribution in [0.1, 0.15) is 206 Å². The van der Waals surface area contributed by atoms with E-state index in [1.54, 1.807) is 0 Å². The molecule has 626 valence electrons. The number of ether oxygens (including phenoxy) is 10. The molecule has 2 aliphatic heterocycles. The van der Waals surface area contributed by atoms with Gasteiger partial charge in [-0.1, -0.05) is 168 Å². The molecule has 106 heavy (non-hydrogen) atoms. The highest BCUT2D eigenvalue weighted by molar-refractivity contribution is 5.86. The van der Waals surface area contributed by atoms with Gasteiger partial charge < -0.3 is 141 Å². The zero-order valence-corrected chi connectivity index (χ0v) is 64.1. The number of carbonyl (C=O) groups is 4. The number of nitrogens with zero attached hydrogens (tertiary/aromatic N) is 2. The lowest BCUT2D eigenvalue weighted by Gasteiger charge is -2.41. The number of hydrogen-bond donors (Lipinski definition) is 16. The monoisotopic (exact) mass is 1530 g/mol. The Kier molecular flexibility index (Phi) is 60.2. The van der Waals surface area contributed by atoms with E-state index in [1.807, 2.05) is 0 Å². The van der Waals surface area contributed by atoms with Crippen molar-refractivity contribution in [1.29, 1.82) is 0 Å². The zero-order valence-electron chi connectivity index (χ0n) is 64.1. The molecule has 0 radical (unpaired) electrons. The third kappa shape index (κ3) is 43.7. The van der Waals surface area contributed by atoms with Gasteiger partial charge in [0.15, 0.2) is 12.6 Å². The zero-order chi connectivity index (χ0) is 78.0. The van der Waals surface area contributed by atoms with Crippen molar-refractivity contribution in [3.05, 3.63) is 0 Å². The molecule has 32 heteroatoms. The van der Waals surface area contributed by atoms with Gasteiger partial charge in [0.05, 0.1) is 130 Å². The molecule has 0 aliphatic carbocycles. The van der Waals surface area contributed by atoms with Crippen LogP contribution in [0.5, 0.6) is 0 Å². The first-order chi connectivity index (χ1) is 51.3. The summed E-state index contributed by atoms with van der Waals surface area (Å²) >= 11 is 0. The molecule has 32 nitrogen and oxygen atoms in total. The molecule has 4 amide bonds. The van der Waals surface area contributed by atoms with Gasteiger partial charge in [0.2, 0.25) is 23.6 Å². The Morgan fingerprint density at radius 2 is 0.670 bits per heavy atom. The van der Waals surface area contributed by atoms with E-state index in [2.05, 4.69) is 24.5 Å². The summed E-state index contributed by atoms with van der Waals surface area (Å²) in [4.78, 5) is 59.8. The van der Waals surface area contributed by atoms with E-state index in [1.165, 1.54) is 64.2 Å². The number of amides is 4. The fourth-order valence-corrected chi connectivity index (χ4v) is 12.6. The number of rotatable bonds is 71. The molecule has 16 atom stereocenters. The molecule has 18 N–H and O–H groups in total. The number of hydrogen-bond acceptors (Lipinski definition) is 28. The van der Waals surface area contributed by atoms with Crippen molar-refractivity contribution in [2.24, 2.45) is 11.5 Å². The highest BCUT2D eigenvalue weighted by Gasteiger charge is 2.47. The SMILES string of the molecule is CCCCCCCCCCCCCC[C@@H](O)[C@@H](O)[C@H](CO[C@H]1OC(CO)[C@H](O)[C@H](O)C1O)N(CC(=O)NCCOCCOCCOCCN)C(=O)CCCCC(=O)N(CC(=O)NCCOCCOCCOCCN)[C@@H](CO[C@H]1OC(CO)[C@H](O)[C@H](O)C1O)[C@H](O)[C@H](O)CCCCCCCCCCCCCC. The van der Waals surface area contributed by atoms with Gasteiger partial charge in [-0.05, 0) is 25.7 Å². The first kappa shape index (κ1) is 99.0. The van der Waals surface area contributed by atoms with Crippen molar-refractivity contribution in [1.82, 2.24) is 20.4 Å². The van der Waals surface area contributed by atoms with Crippen molar-refractivity contribution in [3.63, 3.8) is 0 Å². The van der Waals surface area contributed by atoms with Gasteiger partial charge in [0.25, 0.3) is 0 Å². The number of aliphatic hydroxyl groups excluding tert-OH is 12. The summed E-state index contributed by atoms with van der Waals surface area (Å²) in [5.41, 5.74) is 10.9.